The molecule has 0 aliphatic carbocycles. The number of hydrogen-bond donors (Lipinski definition) is 0. The molecule has 0 bridgehead atoms. The number of esters is 1. The smallest absolute Gasteiger partial charge is 0.416 e. The van der Waals surface area contributed by atoms with Crippen molar-refractivity contribution in [1.82, 2.24) is 4.98 Å². The second-order valence-electron chi connectivity index (χ2n) is 4.66. The average molecular weight is 325 g/mol. The molecule has 1 aromatic heterocycles. The highest BCUT2D eigenvalue weighted by Crippen LogP contribution is 2.30. The number of pyridine rings is 1. The Morgan fingerprint density at radius 3 is 2.35 bits per heavy atom. The summed E-state index contributed by atoms with van der Waals surface area (Å²) in [5.41, 5.74) is 0.330. The van der Waals surface area contributed by atoms with Gasteiger partial charge in [0.05, 0.1) is 19.3 Å². The Balaban J connectivity index is 1.86. The maximum absolute atomic E-state index is 12.4. The summed E-state index contributed by atoms with van der Waals surface area (Å²) in [7, 11) is 1.27. The molecule has 0 fully saturated rings. The first-order chi connectivity index (χ1) is 10.9. The van der Waals surface area contributed by atoms with Crippen molar-refractivity contribution in [3.05, 3.63) is 59.4 Å². The molecule has 0 spiro atoms. The van der Waals surface area contributed by atoms with E-state index in [1.165, 1.54) is 25.4 Å². The van der Waals surface area contributed by atoms with E-state index in [9.17, 15) is 18.0 Å². The van der Waals surface area contributed by atoms with Gasteiger partial charge in [0.25, 0.3) is 0 Å². The Morgan fingerprint density at radius 2 is 1.83 bits per heavy atom. The first-order valence-electron chi connectivity index (χ1n) is 6.73. The topological polar surface area (TPSA) is 48.4 Å². The van der Waals surface area contributed by atoms with Crippen LogP contribution >= 0.6 is 0 Å². The lowest BCUT2D eigenvalue weighted by molar-refractivity contribution is -0.137. The molecule has 0 radical (unpaired) electrons. The van der Waals surface area contributed by atoms with E-state index in [1.807, 2.05) is 0 Å². The van der Waals surface area contributed by atoms with Gasteiger partial charge in [0.2, 0.25) is 0 Å². The van der Waals surface area contributed by atoms with E-state index in [2.05, 4.69) is 9.72 Å². The van der Waals surface area contributed by atoms with E-state index < -0.39 is 17.7 Å². The highest BCUT2D eigenvalue weighted by Gasteiger charge is 2.29. The van der Waals surface area contributed by atoms with Crippen LogP contribution in [0.25, 0.3) is 0 Å². The Bertz CT molecular complexity index is 652. The van der Waals surface area contributed by atoms with Gasteiger partial charge in [-0.2, -0.15) is 13.2 Å². The molecule has 122 valence electrons. The third-order valence-electron chi connectivity index (χ3n) is 3.06. The summed E-state index contributed by atoms with van der Waals surface area (Å²) in [5, 5.41) is 0. The summed E-state index contributed by atoms with van der Waals surface area (Å²) in [4.78, 5) is 15.2. The number of carbonyl (C=O) groups is 1. The molecule has 1 aromatic carbocycles. The van der Waals surface area contributed by atoms with Gasteiger partial charge < -0.3 is 9.47 Å². The lowest BCUT2D eigenvalue weighted by atomic mass is 10.2. The van der Waals surface area contributed by atoms with Crippen LogP contribution in [0.4, 0.5) is 13.2 Å². The van der Waals surface area contributed by atoms with Gasteiger partial charge in [0.1, 0.15) is 11.4 Å². The summed E-state index contributed by atoms with van der Waals surface area (Å²) < 4.78 is 47.2. The number of alkyl halides is 3. The van der Waals surface area contributed by atoms with E-state index in [4.69, 9.17) is 4.74 Å². The number of ether oxygens (including phenoxy) is 2. The normalized spacial score (nSPS) is 11.1. The minimum absolute atomic E-state index is 0.208. The second kappa shape index (κ2) is 7.13. The number of benzene rings is 1. The van der Waals surface area contributed by atoms with Gasteiger partial charge in [0.15, 0.2) is 0 Å². The van der Waals surface area contributed by atoms with Crippen LogP contribution in [0, 0.1) is 0 Å². The molecule has 7 heteroatoms. The number of hydrogen-bond acceptors (Lipinski definition) is 4. The van der Waals surface area contributed by atoms with Gasteiger partial charge in [-0.15, -0.1) is 0 Å². The lowest BCUT2D eigenvalue weighted by Crippen LogP contribution is -2.06. The standard InChI is InChI=1S/C16H14F3NO3/c1-22-15(21)14-7-2-11(10-20-14)8-9-23-13-5-3-12(4-6-13)16(17,18)19/h2-7,10H,8-9H2,1H3. The minimum Gasteiger partial charge on any atom is -0.493 e. The van der Waals surface area contributed by atoms with Crippen LogP contribution in [-0.2, 0) is 17.3 Å². The maximum Gasteiger partial charge on any atom is 0.416 e. The minimum atomic E-state index is -4.36. The zero-order chi connectivity index (χ0) is 16.9. The summed E-state index contributed by atoms with van der Waals surface area (Å²) in [6.07, 6.45) is -2.32. The van der Waals surface area contributed by atoms with Gasteiger partial charge in [-0.05, 0) is 35.9 Å². The molecule has 0 atom stereocenters. The summed E-state index contributed by atoms with van der Waals surface area (Å²) >= 11 is 0. The molecule has 0 N–H and O–H groups in total. The fourth-order valence-electron chi connectivity index (χ4n) is 1.82. The maximum atomic E-state index is 12.4. The second-order valence-corrected chi connectivity index (χ2v) is 4.66. The quantitative estimate of drug-likeness (QED) is 0.789. The molecule has 2 rings (SSSR count). The summed E-state index contributed by atoms with van der Waals surface area (Å²) in [5.74, 6) is -0.158. The van der Waals surface area contributed by atoms with Crippen molar-refractivity contribution in [3.63, 3.8) is 0 Å². The lowest BCUT2D eigenvalue weighted by Gasteiger charge is -2.09. The van der Waals surface area contributed by atoms with Crippen molar-refractivity contribution in [3.8, 4) is 5.75 Å². The van der Waals surface area contributed by atoms with Crippen LogP contribution < -0.4 is 4.74 Å². The zero-order valence-electron chi connectivity index (χ0n) is 12.3. The number of methoxy groups -OCH3 is 1. The molecule has 0 aliphatic rings. The predicted molar refractivity (Wildman–Crippen MR) is 76.2 cm³/mol. The first-order valence-corrected chi connectivity index (χ1v) is 6.73. The number of carbonyl (C=O) groups excluding carboxylic acids is 1. The highest BCUT2D eigenvalue weighted by atomic mass is 19.4. The summed E-state index contributed by atoms with van der Waals surface area (Å²) in [6.45, 7) is 0.282. The molecule has 4 nitrogen and oxygen atoms in total. The van der Waals surface area contributed by atoms with Gasteiger partial charge >= 0.3 is 12.1 Å². The molecular weight excluding hydrogens is 311 g/mol. The van der Waals surface area contributed by atoms with Crippen molar-refractivity contribution < 1.29 is 27.4 Å². The van der Waals surface area contributed by atoms with Crippen molar-refractivity contribution >= 4 is 5.97 Å². The van der Waals surface area contributed by atoms with Gasteiger partial charge in [0, 0.05) is 12.6 Å². The molecule has 0 unspecified atom stereocenters. The first kappa shape index (κ1) is 16.8. The monoisotopic (exact) mass is 325 g/mol. The SMILES string of the molecule is COC(=O)c1ccc(CCOc2ccc(C(F)(F)F)cc2)cn1. The van der Waals surface area contributed by atoms with Crippen molar-refractivity contribution in [2.75, 3.05) is 13.7 Å². The summed E-state index contributed by atoms with van der Waals surface area (Å²) in [6, 6.07) is 7.77. The number of nitrogens with zero attached hydrogens (tertiary/aromatic N) is 1. The molecular formula is C16H14F3NO3. The predicted octanol–water partition coefficient (Wildman–Crippen LogP) is 3.51. The highest BCUT2D eigenvalue weighted by molar-refractivity contribution is 5.86. The van der Waals surface area contributed by atoms with Crippen molar-refractivity contribution in [1.29, 1.82) is 0 Å². The van der Waals surface area contributed by atoms with E-state index in [-0.39, 0.29) is 12.3 Å². The number of rotatable bonds is 5. The largest absolute Gasteiger partial charge is 0.493 e. The molecule has 23 heavy (non-hydrogen) atoms. The van der Waals surface area contributed by atoms with E-state index in [0.29, 0.717) is 12.2 Å². The van der Waals surface area contributed by atoms with Crippen LogP contribution in [0.2, 0.25) is 0 Å². The number of aromatic nitrogens is 1. The van der Waals surface area contributed by atoms with Crippen molar-refractivity contribution in [2.45, 2.75) is 12.6 Å². The van der Waals surface area contributed by atoms with E-state index in [0.717, 1.165) is 17.7 Å². The molecule has 0 aliphatic heterocycles. The zero-order valence-corrected chi connectivity index (χ0v) is 12.3. The van der Waals surface area contributed by atoms with Crippen LogP contribution in [0.3, 0.4) is 0 Å². The van der Waals surface area contributed by atoms with Crippen LogP contribution in [0.5, 0.6) is 5.75 Å². The van der Waals surface area contributed by atoms with Crippen molar-refractivity contribution in [2.24, 2.45) is 0 Å². The van der Waals surface area contributed by atoms with Crippen LogP contribution in [0.15, 0.2) is 42.6 Å². The molecule has 0 saturated carbocycles. The molecule has 2 aromatic rings. The van der Waals surface area contributed by atoms with Crippen LogP contribution in [0.1, 0.15) is 21.6 Å². The third kappa shape index (κ3) is 4.70. The van der Waals surface area contributed by atoms with Crippen LogP contribution in [-0.4, -0.2) is 24.7 Å². The molecule has 1 heterocycles. The van der Waals surface area contributed by atoms with E-state index >= 15 is 0 Å². The average Bonchev–Trinajstić information content (AvgIpc) is 2.54. The molecule has 0 saturated heterocycles. The fraction of sp³-hybridized carbons (Fsp3) is 0.250. The van der Waals surface area contributed by atoms with Gasteiger partial charge in [-0.1, -0.05) is 6.07 Å². The molecule has 0 amide bonds. The number of halogens is 3. The fourth-order valence-corrected chi connectivity index (χ4v) is 1.82. The Kier molecular flexibility index (Phi) is 5.20. The third-order valence-corrected chi connectivity index (χ3v) is 3.06. The van der Waals surface area contributed by atoms with Gasteiger partial charge in [-0.25, -0.2) is 9.78 Å². The van der Waals surface area contributed by atoms with E-state index in [1.54, 1.807) is 12.1 Å². The van der Waals surface area contributed by atoms with Gasteiger partial charge in [-0.3, -0.25) is 0 Å². The Morgan fingerprint density at radius 1 is 1.13 bits per heavy atom. The Labute approximate surface area is 130 Å². The Hall–Kier alpha value is -2.57.